The van der Waals surface area contributed by atoms with Crippen molar-refractivity contribution in [1.29, 1.82) is 0 Å². The largest absolute Gasteiger partial charge is 0.309 e. The van der Waals surface area contributed by atoms with Crippen molar-refractivity contribution in [3.05, 3.63) is 35.6 Å². The minimum Gasteiger partial charge on any atom is -0.309 e. The van der Waals surface area contributed by atoms with Gasteiger partial charge in [0.2, 0.25) is 0 Å². The summed E-state index contributed by atoms with van der Waals surface area (Å²) >= 11 is 0. The average Bonchev–Trinajstić information content (AvgIpc) is 3.27. The van der Waals surface area contributed by atoms with Gasteiger partial charge in [-0.15, -0.1) is 0 Å². The van der Waals surface area contributed by atoms with E-state index in [1.807, 2.05) is 12.1 Å². The normalized spacial score (nSPS) is 18.2. The molecule has 2 rings (SSSR count). The molecule has 2 unspecified atom stereocenters. The fraction of sp³-hybridized carbons (Fsp3) is 0.647. The van der Waals surface area contributed by atoms with Gasteiger partial charge in [0.15, 0.2) is 0 Å². The van der Waals surface area contributed by atoms with Crippen molar-refractivity contribution in [3.63, 3.8) is 0 Å². The van der Waals surface area contributed by atoms with E-state index in [0.717, 1.165) is 31.0 Å². The van der Waals surface area contributed by atoms with Gasteiger partial charge in [-0.3, -0.25) is 0 Å². The molecule has 1 fully saturated rings. The first kappa shape index (κ1) is 15.5. The van der Waals surface area contributed by atoms with Crippen LogP contribution >= 0.6 is 0 Å². The van der Waals surface area contributed by atoms with Gasteiger partial charge in [-0.25, -0.2) is 4.39 Å². The van der Waals surface area contributed by atoms with Crippen LogP contribution in [0.1, 0.15) is 44.7 Å². The molecule has 0 heterocycles. The quantitative estimate of drug-likeness (QED) is 0.781. The van der Waals surface area contributed by atoms with Crippen LogP contribution in [0, 0.1) is 11.7 Å². The predicted octanol–water partition coefficient (Wildman–Crippen LogP) is 3.60. The van der Waals surface area contributed by atoms with Gasteiger partial charge in [-0.1, -0.05) is 25.1 Å². The van der Waals surface area contributed by atoms with E-state index in [0.29, 0.717) is 6.04 Å². The van der Waals surface area contributed by atoms with Crippen LogP contribution in [-0.4, -0.2) is 31.1 Å². The molecule has 2 atom stereocenters. The molecular formula is C17H27FN2. The van der Waals surface area contributed by atoms with Crippen LogP contribution in [0.3, 0.4) is 0 Å². The third kappa shape index (κ3) is 4.03. The van der Waals surface area contributed by atoms with Crippen molar-refractivity contribution in [3.8, 4) is 0 Å². The first-order valence-corrected chi connectivity index (χ1v) is 7.81. The highest BCUT2D eigenvalue weighted by molar-refractivity contribution is 5.21. The van der Waals surface area contributed by atoms with E-state index in [-0.39, 0.29) is 11.9 Å². The molecule has 112 valence electrons. The van der Waals surface area contributed by atoms with Crippen LogP contribution in [-0.2, 0) is 0 Å². The lowest BCUT2D eigenvalue weighted by Crippen LogP contribution is -2.39. The molecule has 1 aromatic carbocycles. The van der Waals surface area contributed by atoms with E-state index in [9.17, 15) is 4.39 Å². The van der Waals surface area contributed by atoms with Crippen LogP contribution in [0.2, 0.25) is 0 Å². The Morgan fingerprint density at radius 3 is 2.65 bits per heavy atom. The maximum Gasteiger partial charge on any atom is 0.128 e. The molecule has 0 aromatic heterocycles. The van der Waals surface area contributed by atoms with Gasteiger partial charge in [0.05, 0.1) is 0 Å². The summed E-state index contributed by atoms with van der Waals surface area (Å²) in [5, 5.41) is 3.49. The second kappa shape index (κ2) is 7.19. The number of nitrogens with one attached hydrogen (secondary N) is 1. The first-order chi connectivity index (χ1) is 9.63. The molecule has 0 radical (unpaired) electrons. The summed E-state index contributed by atoms with van der Waals surface area (Å²) in [4.78, 5) is 2.37. The van der Waals surface area contributed by atoms with E-state index < -0.39 is 0 Å². The predicted molar refractivity (Wildman–Crippen MR) is 82.3 cm³/mol. The van der Waals surface area contributed by atoms with Crippen molar-refractivity contribution >= 4 is 0 Å². The number of likely N-dealkylation sites (N-methyl/N-ethyl adjacent to an activating group) is 1. The molecule has 1 aliphatic carbocycles. The van der Waals surface area contributed by atoms with E-state index in [1.165, 1.54) is 12.8 Å². The lowest BCUT2D eigenvalue weighted by molar-refractivity contribution is 0.208. The Labute approximate surface area is 122 Å². The fourth-order valence-corrected chi connectivity index (χ4v) is 2.74. The molecule has 1 N–H and O–H groups in total. The number of nitrogens with zero attached hydrogens (tertiary/aromatic N) is 1. The van der Waals surface area contributed by atoms with Crippen LogP contribution in [0.5, 0.6) is 0 Å². The highest BCUT2D eigenvalue weighted by Crippen LogP contribution is 2.35. The summed E-state index contributed by atoms with van der Waals surface area (Å²) in [7, 11) is 2.16. The maximum atomic E-state index is 14.0. The SMILES string of the molecule is CCCNC(CN(C)C(C)C1CC1)c1ccccc1F. The van der Waals surface area contributed by atoms with E-state index in [4.69, 9.17) is 0 Å². The van der Waals surface area contributed by atoms with Crippen LogP contribution in [0.4, 0.5) is 4.39 Å². The third-order valence-electron chi connectivity index (χ3n) is 4.39. The summed E-state index contributed by atoms with van der Waals surface area (Å²) in [6, 6.07) is 7.80. The highest BCUT2D eigenvalue weighted by atomic mass is 19.1. The zero-order chi connectivity index (χ0) is 14.5. The van der Waals surface area contributed by atoms with Gasteiger partial charge in [0.25, 0.3) is 0 Å². The summed E-state index contributed by atoms with van der Waals surface area (Å²) in [5.74, 6) is 0.737. The van der Waals surface area contributed by atoms with Gasteiger partial charge < -0.3 is 10.2 Å². The average molecular weight is 278 g/mol. The molecule has 1 aliphatic rings. The van der Waals surface area contributed by atoms with E-state index >= 15 is 0 Å². The summed E-state index contributed by atoms with van der Waals surface area (Å²) in [5.41, 5.74) is 0.788. The van der Waals surface area contributed by atoms with E-state index in [2.05, 4.69) is 31.1 Å². The lowest BCUT2D eigenvalue weighted by Gasteiger charge is -2.30. The molecule has 1 aromatic rings. The third-order valence-corrected chi connectivity index (χ3v) is 4.39. The maximum absolute atomic E-state index is 14.0. The number of rotatable bonds is 8. The van der Waals surface area contributed by atoms with Crippen molar-refractivity contribution in [1.82, 2.24) is 10.2 Å². The topological polar surface area (TPSA) is 15.3 Å². The van der Waals surface area contributed by atoms with Crippen molar-refractivity contribution in [2.45, 2.75) is 45.2 Å². The van der Waals surface area contributed by atoms with Gasteiger partial charge in [-0.2, -0.15) is 0 Å². The van der Waals surface area contributed by atoms with Gasteiger partial charge in [0, 0.05) is 24.2 Å². The molecule has 2 nitrogen and oxygen atoms in total. The van der Waals surface area contributed by atoms with Gasteiger partial charge in [-0.05, 0) is 51.8 Å². The summed E-state index contributed by atoms with van der Waals surface area (Å²) < 4.78 is 14.0. The molecule has 0 amide bonds. The van der Waals surface area contributed by atoms with Gasteiger partial charge >= 0.3 is 0 Å². The standard InChI is InChI=1S/C17H27FN2/c1-4-11-19-17(15-7-5-6-8-16(15)18)12-20(3)13(2)14-9-10-14/h5-8,13-14,17,19H,4,9-12H2,1-3H3. The molecule has 0 saturated heterocycles. The monoisotopic (exact) mass is 278 g/mol. The Morgan fingerprint density at radius 2 is 2.05 bits per heavy atom. The number of halogens is 1. The Balaban J connectivity index is 2.04. The second-order valence-electron chi connectivity index (χ2n) is 6.05. The van der Waals surface area contributed by atoms with Gasteiger partial charge in [0.1, 0.15) is 5.82 Å². The van der Waals surface area contributed by atoms with Crippen LogP contribution in [0.25, 0.3) is 0 Å². The lowest BCUT2D eigenvalue weighted by atomic mass is 10.0. The number of hydrogen-bond donors (Lipinski definition) is 1. The van der Waals surface area contributed by atoms with Crippen molar-refractivity contribution in [2.75, 3.05) is 20.1 Å². The molecule has 0 aliphatic heterocycles. The zero-order valence-electron chi connectivity index (χ0n) is 12.9. The molecule has 0 bridgehead atoms. The minimum absolute atomic E-state index is 0.0716. The van der Waals surface area contributed by atoms with Crippen molar-refractivity contribution < 1.29 is 4.39 Å². The highest BCUT2D eigenvalue weighted by Gasteiger charge is 2.31. The molecule has 0 spiro atoms. The molecular weight excluding hydrogens is 251 g/mol. The fourth-order valence-electron chi connectivity index (χ4n) is 2.74. The Hall–Kier alpha value is -0.930. The Kier molecular flexibility index (Phi) is 5.55. The minimum atomic E-state index is -0.103. The Morgan fingerprint density at radius 1 is 1.35 bits per heavy atom. The first-order valence-electron chi connectivity index (χ1n) is 7.81. The second-order valence-corrected chi connectivity index (χ2v) is 6.05. The molecule has 20 heavy (non-hydrogen) atoms. The van der Waals surface area contributed by atoms with Crippen molar-refractivity contribution in [2.24, 2.45) is 5.92 Å². The number of benzene rings is 1. The smallest absolute Gasteiger partial charge is 0.128 e. The summed E-state index contributed by atoms with van der Waals surface area (Å²) in [6.07, 6.45) is 3.75. The zero-order valence-corrected chi connectivity index (χ0v) is 12.9. The molecule has 1 saturated carbocycles. The van der Waals surface area contributed by atoms with Crippen LogP contribution in [0.15, 0.2) is 24.3 Å². The molecule has 3 heteroatoms. The summed E-state index contributed by atoms with van der Waals surface area (Å²) in [6.45, 7) is 6.21. The van der Waals surface area contributed by atoms with Crippen LogP contribution < -0.4 is 5.32 Å². The van der Waals surface area contributed by atoms with E-state index in [1.54, 1.807) is 12.1 Å². The number of hydrogen-bond acceptors (Lipinski definition) is 2. The Bertz CT molecular complexity index is 417.